The highest BCUT2D eigenvalue weighted by Gasteiger charge is 2.46. The standard InChI is InChI=1S/C58H37N3O/c1-5-16-40(17-6-1)55-59-56(41-18-7-2-8-19-41)61-57(60-55)48-25-15-27-53-54(48)49-36-42(33-35-52(49)62-53)38-28-30-39(31-29-38)43-32-34-47-46-24-13-14-26-50(46)58(51(47)37-43,44-20-9-3-10-21-44)45-22-11-4-12-23-45/h1-37H. The molecule has 0 amide bonds. The largest absolute Gasteiger partial charge is 0.456 e. The molecule has 0 saturated heterocycles. The van der Waals surface area contributed by atoms with E-state index in [-0.39, 0.29) is 0 Å². The van der Waals surface area contributed by atoms with Gasteiger partial charge in [-0.25, -0.2) is 15.0 Å². The number of aromatic nitrogens is 3. The molecule has 0 radical (unpaired) electrons. The summed E-state index contributed by atoms with van der Waals surface area (Å²) in [4.78, 5) is 15.1. The Balaban J connectivity index is 0.954. The van der Waals surface area contributed by atoms with E-state index in [1.165, 1.54) is 38.9 Å². The molecule has 2 heterocycles. The van der Waals surface area contributed by atoms with Gasteiger partial charge in [-0.05, 0) is 79.9 Å². The third kappa shape index (κ3) is 5.72. The molecule has 290 valence electrons. The van der Waals surface area contributed by atoms with E-state index in [1.807, 2.05) is 72.8 Å². The number of rotatable bonds is 7. The van der Waals surface area contributed by atoms with Crippen molar-refractivity contribution in [2.75, 3.05) is 0 Å². The number of hydrogen-bond donors (Lipinski definition) is 0. The molecule has 4 nitrogen and oxygen atoms in total. The zero-order valence-corrected chi connectivity index (χ0v) is 33.6. The maximum Gasteiger partial charge on any atom is 0.164 e. The molecule has 2 aromatic heterocycles. The highest BCUT2D eigenvalue weighted by atomic mass is 16.3. The van der Waals surface area contributed by atoms with Crippen LogP contribution in [0.4, 0.5) is 0 Å². The van der Waals surface area contributed by atoms with Crippen LogP contribution >= 0.6 is 0 Å². The molecule has 1 aliphatic carbocycles. The van der Waals surface area contributed by atoms with Crippen molar-refractivity contribution in [1.29, 1.82) is 0 Å². The lowest BCUT2D eigenvalue weighted by atomic mass is 9.67. The van der Waals surface area contributed by atoms with E-state index in [4.69, 9.17) is 19.4 Å². The van der Waals surface area contributed by atoms with E-state index in [0.29, 0.717) is 17.5 Å². The summed E-state index contributed by atoms with van der Waals surface area (Å²) in [5.74, 6) is 1.85. The third-order valence-electron chi connectivity index (χ3n) is 12.4. The molecule has 1 aliphatic rings. The van der Waals surface area contributed by atoms with Crippen LogP contribution < -0.4 is 0 Å². The van der Waals surface area contributed by atoms with Crippen LogP contribution in [0.25, 0.3) is 89.5 Å². The van der Waals surface area contributed by atoms with Gasteiger partial charge in [-0.1, -0.05) is 200 Å². The molecule has 0 fully saturated rings. The van der Waals surface area contributed by atoms with Crippen molar-refractivity contribution >= 4 is 21.9 Å². The monoisotopic (exact) mass is 791 g/mol. The normalized spacial score (nSPS) is 12.6. The van der Waals surface area contributed by atoms with E-state index in [9.17, 15) is 0 Å². The molecule has 4 heteroatoms. The first kappa shape index (κ1) is 35.7. The summed E-state index contributed by atoms with van der Waals surface area (Å²) in [5.41, 5.74) is 16.2. The van der Waals surface area contributed by atoms with Crippen LogP contribution in [0.5, 0.6) is 0 Å². The lowest BCUT2D eigenvalue weighted by molar-refractivity contribution is 0.669. The van der Waals surface area contributed by atoms with Gasteiger partial charge in [-0.3, -0.25) is 0 Å². The van der Waals surface area contributed by atoms with Gasteiger partial charge < -0.3 is 4.42 Å². The molecule has 0 atom stereocenters. The first-order valence-electron chi connectivity index (χ1n) is 21.0. The number of nitrogens with zero attached hydrogens (tertiary/aromatic N) is 3. The minimum atomic E-state index is -0.445. The SMILES string of the molecule is c1ccc(-c2nc(-c3ccccc3)nc(-c3cccc4oc5ccc(-c6ccc(-c7ccc8c(c7)C(c7ccccc7)(c7ccccc7)c7ccccc7-8)cc6)cc5c34)n2)cc1. The zero-order valence-electron chi connectivity index (χ0n) is 33.6. The second-order valence-electron chi connectivity index (χ2n) is 15.9. The Morgan fingerprint density at radius 1 is 0.306 bits per heavy atom. The fourth-order valence-electron chi connectivity index (χ4n) is 9.60. The van der Waals surface area contributed by atoms with Crippen molar-refractivity contribution in [3.05, 3.63) is 247 Å². The Morgan fingerprint density at radius 2 is 0.790 bits per heavy atom. The zero-order chi connectivity index (χ0) is 41.0. The summed E-state index contributed by atoms with van der Waals surface area (Å²) >= 11 is 0. The van der Waals surface area contributed by atoms with Crippen LogP contribution in [-0.2, 0) is 5.41 Å². The fraction of sp³-hybridized carbons (Fsp3) is 0.0172. The third-order valence-corrected chi connectivity index (χ3v) is 12.4. The number of benzene rings is 9. The summed E-state index contributed by atoms with van der Waals surface area (Å²) in [7, 11) is 0. The van der Waals surface area contributed by atoms with Crippen LogP contribution in [0, 0.1) is 0 Å². The van der Waals surface area contributed by atoms with Gasteiger partial charge in [0, 0.05) is 27.5 Å². The molecule has 0 bridgehead atoms. The van der Waals surface area contributed by atoms with Crippen LogP contribution in [0.1, 0.15) is 22.3 Å². The Hall–Kier alpha value is -8.21. The molecule has 9 aromatic carbocycles. The summed E-state index contributed by atoms with van der Waals surface area (Å²) in [6.07, 6.45) is 0. The van der Waals surface area contributed by atoms with Crippen LogP contribution in [-0.4, -0.2) is 15.0 Å². The minimum absolute atomic E-state index is 0.445. The maximum atomic E-state index is 6.48. The molecule has 11 aromatic rings. The first-order chi connectivity index (χ1) is 30.7. The fourth-order valence-corrected chi connectivity index (χ4v) is 9.60. The van der Waals surface area contributed by atoms with Crippen LogP contribution in [0.15, 0.2) is 229 Å². The highest BCUT2D eigenvalue weighted by molar-refractivity contribution is 6.12. The number of furan rings is 1. The summed E-state index contributed by atoms with van der Waals surface area (Å²) < 4.78 is 6.48. The van der Waals surface area contributed by atoms with Gasteiger partial charge in [-0.15, -0.1) is 0 Å². The predicted octanol–water partition coefficient (Wildman–Crippen LogP) is 14.5. The van der Waals surface area contributed by atoms with Gasteiger partial charge in [0.15, 0.2) is 17.5 Å². The van der Waals surface area contributed by atoms with Gasteiger partial charge in [0.25, 0.3) is 0 Å². The van der Waals surface area contributed by atoms with Gasteiger partial charge in [0.2, 0.25) is 0 Å². The highest BCUT2D eigenvalue weighted by Crippen LogP contribution is 2.56. The molecule has 0 aliphatic heterocycles. The summed E-state index contributed by atoms with van der Waals surface area (Å²) in [6.45, 7) is 0. The van der Waals surface area contributed by atoms with Crippen molar-refractivity contribution in [3.8, 4) is 67.5 Å². The van der Waals surface area contributed by atoms with Gasteiger partial charge in [0.05, 0.1) is 5.41 Å². The lowest BCUT2D eigenvalue weighted by Crippen LogP contribution is -2.28. The molecule has 12 rings (SSSR count). The second-order valence-corrected chi connectivity index (χ2v) is 15.9. The quantitative estimate of drug-likeness (QED) is 0.161. The lowest BCUT2D eigenvalue weighted by Gasteiger charge is -2.34. The Labute approximate surface area is 359 Å². The molecular weight excluding hydrogens is 755 g/mol. The first-order valence-corrected chi connectivity index (χ1v) is 21.0. The van der Waals surface area contributed by atoms with Gasteiger partial charge in [0.1, 0.15) is 11.2 Å². The summed E-state index contributed by atoms with van der Waals surface area (Å²) in [5, 5.41) is 1.99. The molecule has 0 N–H and O–H groups in total. The smallest absolute Gasteiger partial charge is 0.164 e. The van der Waals surface area contributed by atoms with E-state index in [1.54, 1.807) is 0 Å². The van der Waals surface area contributed by atoms with Crippen molar-refractivity contribution in [2.45, 2.75) is 5.41 Å². The second kappa shape index (κ2) is 14.5. The average molecular weight is 792 g/mol. The minimum Gasteiger partial charge on any atom is -0.456 e. The average Bonchev–Trinajstić information content (AvgIpc) is 3.88. The predicted molar refractivity (Wildman–Crippen MR) is 252 cm³/mol. The van der Waals surface area contributed by atoms with E-state index >= 15 is 0 Å². The van der Waals surface area contributed by atoms with Crippen LogP contribution in [0.2, 0.25) is 0 Å². The van der Waals surface area contributed by atoms with E-state index in [0.717, 1.165) is 55.3 Å². The molecule has 0 saturated carbocycles. The molecular formula is C58H37N3O. The topological polar surface area (TPSA) is 51.8 Å². The van der Waals surface area contributed by atoms with Gasteiger partial charge in [-0.2, -0.15) is 0 Å². The van der Waals surface area contributed by atoms with E-state index < -0.39 is 5.41 Å². The van der Waals surface area contributed by atoms with Crippen molar-refractivity contribution in [2.24, 2.45) is 0 Å². The van der Waals surface area contributed by atoms with Gasteiger partial charge >= 0.3 is 0 Å². The molecule has 62 heavy (non-hydrogen) atoms. The van der Waals surface area contributed by atoms with E-state index in [2.05, 4.69) is 152 Å². The van der Waals surface area contributed by atoms with Crippen molar-refractivity contribution in [1.82, 2.24) is 15.0 Å². The molecule has 0 spiro atoms. The number of fused-ring (bicyclic) bond motifs is 6. The molecule has 0 unspecified atom stereocenters. The number of hydrogen-bond acceptors (Lipinski definition) is 4. The van der Waals surface area contributed by atoms with Crippen molar-refractivity contribution < 1.29 is 4.42 Å². The Bertz CT molecular complexity index is 3340. The Kier molecular flexibility index (Phi) is 8.36. The maximum absolute atomic E-state index is 6.48. The van der Waals surface area contributed by atoms with Crippen molar-refractivity contribution in [3.63, 3.8) is 0 Å². The Morgan fingerprint density at radius 3 is 1.42 bits per heavy atom. The van der Waals surface area contributed by atoms with Crippen LogP contribution in [0.3, 0.4) is 0 Å². The summed E-state index contributed by atoms with van der Waals surface area (Å²) in [6, 6.07) is 79.5.